The van der Waals surface area contributed by atoms with E-state index in [2.05, 4.69) is 21.5 Å². The van der Waals surface area contributed by atoms with Gasteiger partial charge in [0.1, 0.15) is 10.7 Å². The lowest BCUT2D eigenvalue weighted by atomic mass is 10.2. The number of carbonyl (C=O) groups excluding carboxylic acids is 1. The average molecular weight is 318 g/mol. The Bertz CT molecular complexity index is 703. The molecule has 0 saturated heterocycles. The molecule has 1 atom stereocenters. The number of hydrogen-bond acceptors (Lipinski definition) is 5. The molecule has 0 aliphatic carbocycles. The lowest BCUT2D eigenvalue weighted by Crippen LogP contribution is -2.31. The fourth-order valence-corrected chi connectivity index (χ4v) is 3.51. The average Bonchev–Trinajstić information content (AvgIpc) is 3.20. The third kappa shape index (κ3) is 3.20. The lowest BCUT2D eigenvalue weighted by Gasteiger charge is -2.15. The zero-order valence-electron chi connectivity index (χ0n) is 11.4. The van der Waals surface area contributed by atoms with Crippen molar-refractivity contribution in [3.05, 3.63) is 56.9 Å². The van der Waals surface area contributed by atoms with Crippen LogP contribution in [0, 0.1) is 0 Å². The number of aromatic nitrogens is 3. The van der Waals surface area contributed by atoms with Gasteiger partial charge in [0.15, 0.2) is 0 Å². The molecule has 3 aromatic rings. The van der Waals surface area contributed by atoms with Crippen molar-refractivity contribution < 1.29 is 4.79 Å². The molecule has 5 nitrogen and oxygen atoms in total. The van der Waals surface area contributed by atoms with Crippen molar-refractivity contribution in [2.24, 2.45) is 7.05 Å². The van der Waals surface area contributed by atoms with Gasteiger partial charge in [0.05, 0.1) is 6.04 Å². The number of hydrogen-bond donors (Lipinski definition) is 1. The minimum Gasteiger partial charge on any atom is -0.341 e. The van der Waals surface area contributed by atoms with Gasteiger partial charge >= 0.3 is 0 Å². The second-order valence-corrected chi connectivity index (χ2v) is 6.48. The van der Waals surface area contributed by atoms with Crippen molar-refractivity contribution in [1.82, 2.24) is 20.1 Å². The molecule has 0 bridgehead atoms. The summed E-state index contributed by atoms with van der Waals surface area (Å²) in [5.41, 5.74) is 0.544. The summed E-state index contributed by atoms with van der Waals surface area (Å²) in [5.74, 6) is -0.133. The highest BCUT2D eigenvalue weighted by atomic mass is 32.1. The minimum absolute atomic E-state index is 0.119. The van der Waals surface area contributed by atoms with Crippen molar-refractivity contribution in [3.8, 4) is 0 Å². The molecule has 3 heterocycles. The van der Waals surface area contributed by atoms with Gasteiger partial charge in [0.2, 0.25) is 0 Å². The summed E-state index contributed by atoms with van der Waals surface area (Å²) < 4.78 is 1.57. The molecule has 0 unspecified atom stereocenters. The Labute approximate surface area is 130 Å². The van der Waals surface area contributed by atoms with E-state index >= 15 is 0 Å². The van der Waals surface area contributed by atoms with Gasteiger partial charge in [-0.05, 0) is 17.5 Å². The van der Waals surface area contributed by atoms with Crippen LogP contribution in [0.5, 0.6) is 0 Å². The second kappa shape index (κ2) is 6.19. The van der Waals surface area contributed by atoms with Gasteiger partial charge in [-0.1, -0.05) is 6.07 Å². The van der Waals surface area contributed by atoms with Gasteiger partial charge in [0, 0.05) is 36.1 Å². The molecule has 3 rings (SSSR count). The van der Waals surface area contributed by atoms with Crippen LogP contribution in [0.4, 0.5) is 0 Å². The highest BCUT2D eigenvalue weighted by molar-refractivity contribution is 7.10. The summed E-state index contributed by atoms with van der Waals surface area (Å²) in [6.45, 7) is 0. The van der Waals surface area contributed by atoms with E-state index in [0.29, 0.717) is 5.69 Å². The molecule has 1 amide bonds. The Morgan fingerprint density at radius 1 is 1.33 bits per heavy atom. The van der Waals surface area contributed by atoms with Crippen LogP contribution in [0.15, 0.2) is 41.4 Å². The van der Waals surface area contributed by atoms with Crippen LogP contribution in [0.2, 0.25) is 0 Å². The van der Waals surface area contributed by atoms with Crippen LogP contribution in [0.1, 0.15) is 26.4 Å². The highest BCUT2D eigenvalue weighted by Gasteiger charge is 2.20. The van der Waals surface area contributed by atoms with E-state index in [-0.39, 0.29) is 11.9 Å². The third-order valence-electron chi connectivity index (χ3n) is 3.09. The number of carbonyl (C=O) groups is 1. The van der Waals surface area contributed by atoms with E-state index in [0.717, 1.165) is 11.4 Å². The maximum Gasteiger partial charge on any atom is 0.270 e. The van der Waals surface area contributed by atoms with Gasteiger partial charge in [-0.25, -0.2) is 4.98 Å². The molecule has 0 aliphatic heterocycles. The van der Waals surface area contributed by atoms with Crippen molar-refractivity contribution >= 4 is 28.6 Å². The molecule has 3 aromatic heterocycles. The van der Waals surface area contributed by atoms with Crippen molar-refractivity contribution in [1.29, 1.82) is 0 Å². The number of thiophene rings is 1. The van der Waals surface area contributed by atoms with Crippen LogP contribution < -0.4 is 5.32 Å². The first-order valence-electron chi connectivity index (χ1n) is 6.44. The zero-order valence-corrected chi connectivity index (χ0v) is 13.0. The van der Waals surface area contributed by atoms with E-state index in [9.17, 15) is 4.79 Å². The second-order valence-electron chi connectivity index (χ2n) is 4.52. The minimum atomic E-state index is -0.133. The predicted molar refractivity (Wildman–Crippen MR) is 83.6 cm³/mol. The quantitative estimate of drug-likeness (QED) is 0.787. The first kappa shape index (κ1) is 14.0. The molecule has 0 aromatic carbocycles. The van der Waals surface area contributed by atoms with E-state index in [1.54, 1.807) is 52.9 Å². The molecule has 108 valence electrons. The van der Waals surface area contributed by atoms with Gasteiger partial charge < -0.3 is 5.32 Å². The first-order chi connectivity index (χ1) is 10.2. The summed E-state index contributed by atoms with van der Waals surface area (Å²) in [5, 5.41) is 12.0. The summed E-state index contributed by atoms with van der Waals surface area (Å²) in [4.78, 5) is 17.9. The number of nitrogens with one attached hydrogen (secondary N) is 1. The van der Waals surface area contributed by atoms with E-state index < -0.39 is 0 Å². The molecule has 7 heteroatoms. The lowest BCUT2D eigenvalue weighted by molar-refractivity contribution is 0.0927. The number of rotatable bonds is 5. The normalized spacial score (nSPS) is 12.2. The summed E-state index contributed by atoms with van der Waals surface area (Å²) >= 11 is 3.24. The Kier molecular flexibility index (Phi) is 4.12. The summed E-state index contributed by atoms with van der Waals surface area (Å²) in [7, 11) is 1.76. The van der Waals surface area contributed by atoms with Crippen molar-refractivity contribution in [2.75, 3.05) is 0 Å². The smallest absolute Gasteiger partial charge is 0.270 e. The summed E-state index contributed by atoms with van der Waals surface area (Å²) in [6.07, 6.45) is 4.12. The Morgan fingerprint density at radius 3 is 2.86 bits per heavy atom. The largest absolute Gasteiger partial charge is 0.341 e. The number of amides is 1. The number of aryl methyl sites for hydroxylation is 1. The molecular weight excluding hydrogens is 304 g/mol. The van der Waals surface area contributed by atoms with Crippen molar-refractivity contribution in [3.63, 3.8) is 0 Å². The van der Waals surface area contributed by atoms with Gasteiger partial charge in [0.25, 0.3) is 5.91 Å². The fourth-order valence-electron chi connectivity index (χ4n) is 2.07. The van der Waals surface area contributed by atoms with Crippen LogP contribution in [0.3, 0.4) is 0 Å². The standard InChI is InChI=1S/C14H14N4OS2/c1-18-12(4-5-16-18)13(19)17-11(14-15-6-8-21-14)9-10-3-2-7-20-10/h2-8,11H,9H2,1H3,(H,17,19)/t11-/m0/s1. The molecule has 0 radical (unpaired) electrons. The van der Waals surface area contributed by atoms with Gasteiger partial charge in [-0.2, -0.15) is 5.10 Å². The maximum absolute atomic E-state index is 12.4. The Hall–Kier alpha value is -1.99. The molecular formula is C14H14N4OS2. The van der Waals surface area contributed by atoms with Crippen LogP contribution in [-0.2, 0) is 13.5 Å². The first-order valence-corrected chi connectivity index (χ1v) is 8.20. The van der Waals surface area contributed by atoms with Gasteiger partial charge in [-0.3, -0.25) is 9.48 Å². The molecule has 21 heavy (non-hydrogen) atoms. The molecule has 0 fully saturated rings. The SMILES string of the molecule is Cn1nccc1C(=O)N[C@@H](Cc1cccs1)c1nccs1. The van der Waals surface area contributed by atoms with Crippen LogP contribution in [0.25, 0.3) is 0 Å². The zero-order chi connectivity index (χ0) is 14.7. The Morgan fingerprint density at radius 2 is 2.24 bits per heavy atom. The Balaban J connectivity index is 1.79. The van der Waals surface area contributed by atoms with Crippen LogP contribution in [-0.4, -0.2) is 20.7 Å². The molecule has 1 N–H and O–H groups in total. The topological polar surface area (TPSA) is 59.8 Å². The highest BCUT2D eigenvalue weighted by Crippen LogP contribution is 2.23. The van der Waals surface area contributed by atoms with Crippen molar-refractivity contribution in [2.45, 2.75) is 12.5 Å². The number of thiazole rings is 1. The fraction of sp³-hybridized carbons (Fsp3) is 0.214. The summed E-state index contributed by atoms with van der Waals surface area (Å²) in [6, 6.07) is 5.67. The van der Waals surface area contributed by atoms with E-state index in [4.69, 9.17) is 0 Å². The van der Waals surface area contributed by atoms with Crippen LogP contribution >= 0.6 is 22.7 Å². The molecule has 0 saturated carbocycles. The molecule has 0 aliphatic rings. The number of nitrogens with zero attached hydrogens (tertiary/aromatic N) is 3. The monoisotopic (exact) mass is 318 g/mol. The van der Waals surface area contributed by atoms with Gasteiger partial charge in [-0.15, -0.1) is 22.7 Å². The van der Waals surface area contributed by atoms with E-state index in [1.165, 1.54) is 4.88 Å². The molecule has 0 spiro atoms. The van der Waals surface area contributed by atoms with E-state index in [1.807, 2.05) is 16.8 Å². The predicted octanol–water partition coefficient (Wildman–Crippen LogP) is 2.65. The third-order valence-corrected chi connectivity index (χ3v) is 4.88. The maximum atomic E-state index is 12.4.